The quantitative estimate of drug-likeness (QED) is 0.893. The molecule has 0 spiro atoms. The molecule has 1 aliphatic rings. The summed E-state index contributed by atoms with van der Waals surface area (Å²) < 4.78 is 10.7. The molecule has 1 aromatic carbocycles. The number of carbonyl (C=O) groups excluding carboxylic acids is 1. The number of rotatable bonds is 4. The number of nitrogens with two attached hydrogens (primary N) is 1. The van der Waals surface area contributed by atoms with Crippen LogP contribution in [0.4, 0.5) is 0 Å². The van der Waals surface area contributed by atoms with Gasteiger partial charge in [-0.25, -0.2) is 0 Å². The fourth-order valence-corrected chi connectivity index (χ4v) is 2.03. The second-order valence-electron chi connectivity index (χ2n) is 5.06. The molecule has 0 saturated carbocycles. The molecule has 0 radical (unpaired) electrons. The molecule has 1 aromatic rings. The number of hydrogen-bond donors (Lipinski definition) is 1. The number of aryl methyl sites for hydroxylation is 1. The Bertz CT molecular complexity index is 486. The van der Waals surface area contributed by atoms with E-state index in [0.29, 0.717) is 13.0 Å². The molecule has 1 aliphatic heterocycles. The molecule has 2 rings (SSSR count). The summed E-state index contributed by atoms with van der Waals surface area (Å²) in [4.78, 5) is 13.6. The lowest BCUT2D eigenvalue weighted by Gasteiger charge is -2.19. The van der Waals surface area contributed by atoms with Gasteiger partial charge in [0.2, 0.25) is 12.7 Å². The molecule has 1 heterocycles. The van der Waals surface area contributed by atoms with Gasteiger partial charge in [0.25, 0.3) is 0 Å². The average molecular weight is 264 g/mol. The monoisotopic (exact) mass is 264 g/mol. The van der Waals surface area contributed by atoms with Crippen molar-refractivity contribution >= 4 is 5.91 Å². The summed E-state index contributed by atoms with van der Waals surface area (Å²) in [7, 11) is 1.79. The molecule has 1 unspecified atom stereocenters. The Balaban J connectivity index is 2.09. The van der Waals surface area contributed by atoms with Crippen molar-refractivity contribution < 1.29 is 14.3 Å². The fraction of sp³-hybridized carbons (Fsp3) is 0.500. The first-order valence-corrected chi connectivity index (χ1v) is 6.36. The first-order chi connectivity index (χ1) is 8.97. The van der Waals surface area contributed by atoms with Crippen LogP contribution in [0.3, 0.4) is 0 Å². The van der Waals surface area contributed by atoms with E-state index in [1.54, 1.807) is 11.9 Å². The Kier molecular flexibility index (Phi) is 3.95. The Morgan fingerprint density at radius 1 is 1.42 bits per heavy atom. The first-order valence-electron chi connectivity index (χ1n) is 6.36. The Morgan fingerprint density at radius 2 is 2.05 bits per heavy atom. The van der Waals surface area contributed by atoms with Gasteiger partial charge >= 0.3 is 0 Å². The fourth-order valence-electron chi connectivity index (χ4n) is 2.03. The van der Waals surface area contributed by atoms with Crippen molar-refractivity contribution in [3.05, 3.63) is 23.3 Å². The van der Waals surface area contributed by atoms with Crippen LogP contribution in [-0.4, -0.2) is 30.7 Å². The van der Waals surface area contributed by atoms with Gasteiger partial charge < -0.3 is 20.1 Å². The summed E-state index contributed by atoms with van der Waals surface area (Å²) >= 11 is 0. The first kappa shape index (κ1) is 13.7. The third kappa shape index (κ3) is 3.17. The highest BCUT2D eigenvalue weighted by atomic mass is 16.7. The van der Waals surface area contributed by atoms with Crippen LogP contribution in [0.1, 0.15) is 24.5 Å². The molecule has 2 N–H and O–H groups in total. The number of carbonyl (C=O) groups is 1. The van der Waals surface area contributed by atoms with E-state index in [4.69, 9.17) is 15.2 Å². The van der Waals surface area contributed by atoms with Crippen molar-refractivity contribution in [2.75, 3.05) is 13.8 Å². The molecule has 19 heavy (non-hydrogen) atoms. The van der Waals surface area contributed by atoms with Crippen LogP contribution < -0.4 is 15.2 Å². The molecule has 104 valence electrons. The Hall–Kier alpha value is -1.75. The lowest BCUT2D eigenvalue weighted by atomic mass is 10.1. The minimum Gasteiger partial charge on any atom is -0.454 e. The maximum absolute atomic E-state index is 11.9. The standard InChI is InChI=1S/C14H20N2O3/c1-9-4-12-13(19-8-18-12)6-11(9)7-16(3)14(17)5-10(2)15/h4,6,10H,5,7-8,15H2,1-3H3. The average Bonchev–Trinajstić information content (AvgIpc) is 2.75. The van der Waals surface area contributed by atoms with E-state index in [-0.39, 0.29) is 18.7 Å². The number of benzene rings is 1. The molecule has 5 nitrogen and oxygen atoms in total. The molecular formula is C14H20N2O3. The van der Waals surface area contributed by atoms with E-state index >= 15 is 0 Å². The van der Waals surface area contributed by atoms with Crippen LogP contribution in [-0.2, 0) is 11.3 Å². The van der Waals surface area contributed by atoms with Crippen LogP contribution in [0.2, 0.25) is 0 Å². The van der Waals surface area contributed by atoms with E-state index in [1.165, 1.54) is 0 Å². The molecule has 1 amide bonds. The molecule has 0 saturated heterocycles. The van der Waals surface area contributed by atoms with Crippen molar-refractivity contribution in [3.8, 4) is 11.5 Å². The van der Waals surface area contributed by atoms with Crippen molar-refractivity contribution in [2.45, 2.75) is 32.9 Å². The van der Waals surface area contributed by atoms with Gasteiger partial charge in [-0.1, -0.05) is 0 Å². The number of amides is 1. The zero-order valence-electron chi connectivity index (χ0n) is 11.6. The van der Waals surface area contributed by atoms with Crippen LogP contribution in [0, 0.1) is 6.92 Å². The van der Waals surface area contributed by atoms with Gasteiger partial charge in [-0.05, 0) is 37.1 Å². The minimum atomic E-state index is -0.118. The van der Waals surface area contributed by atoms with Gasteiger partial charge in [0, 0.05) is 26.1 Å². The van der Waals surface area contributed by atoms with Crippen molar-refractivity contribution in [2.24, 2.45) is 5.73 Å². The highest BCUT2D eigenvalue weighted by Gasteiger charge is 2.18. The number of fused-ring (bicyclic) bond motifs is 1. The van der Waals surface area contributed by atoms with Gasteiger partial charge in [0.15, 0.2) is 11.5 Å². The van der Waals surface area contributed by atoms with E-state index in [1.807, 2.05) is 26.0 Å². The predicted octanol–water partition coefficient (Wildman–Crippen LogP) is 1.42. The van der Waals surface area contributed by atoms with Crippen LogP contribution in [0.15, 0.2) is 12.1 Å². The maximum Gasteiger partial charge on any atom is 0.231 e. The normalized spacial score (nSPS) is 14.3. The topological polar surface area (TPSA) is 64.8 Å². The zero-order valence-corrected chi connectivity index (χ0v) is 11.6. The van der Waals surface area contributed by atoms with Gasteiger partial charge in [0.05, 0.1) is 0 Å². The summed E-state index contributed by atoms with van der Waals surface area (Å²) in [5.41, 5.74) is 7.79. The molecule has 5 heteroatoms. The van der Waals surface area contributed by atoms with Gasteiger partial charge in [-0.2, -0.15) is 0 Å². The van der Waals surface area contributed by atoms with Crippen molar-refractivity contribution in [1.29, 1.82) is 0 Å². The molecular weight excluding hydrogens is 244 g/mol. The highest BCUT2D eigenvalue weighted by molar-refractivity contribution is 5.76. The second kappa shape index (κ2) is 5.48. The summed E-state index contributed by atoms with van der Waals surface area (Å²) in [5.74, 6) is 1.56. The maximum atomic E-state index is 11.9. The lowest BCUT2D eigenvalue weighted by Crippen LogP contribution is -2.31. The van der Waals surface area contributed by atoms with Crippen molar-refractivity contribution in [1.82, 2.24) is 4.90 Å². The number of nitrogens with zero attached hydrogens (tertiary/aromatic N) is 1. The third-order valence-electron chi connectivity index (χ3n) is 3.16. The van der Waals surface area contributed by atoms with Crippen molar-refractivity contribution in [3.63, 3.8) is 0 Å². The number of hydrogen-bond acceptors (Lipinski definition) is 4. The zero-order chi connectivity index (χ0) is 14.0. The summed E-state index contributed by atoms with van der Waals surface area (Å²) in [5, 5.41) is 0. The Labute approximate surface area is 113 Å². The van der Waals surface area contributed by atoms with E-state index in [2.05, 4.69) is 0 Å². The smallest absolute Gasteiger partial charge is 0.231 e. The second-order valence-corrected chi connectivity index (χ2v) is 5.06. The SMILES string of the molecule is Cc1cc2c(cc1CN(C)C(=O)CC(C)N)OCO2. The Morgan fingerprint density at radius 3 is 2.68 bits per heavy atom. The third-order valence-corrected chi connectivity index (χ3v) is 3.16. The van der Waals surface area contributed by atoms with E-state index in [0.717, 1.165) is 22.6 Å². The minimum absolute atomic E-state index is 0.0482. The molecule has 0 bridgehead atoms. The van der Waals surface area contributed by atoms with Crippen LogP contribution in [0.5, 0.6) is 11.5 Å². The molecule has 0 fully saturated rings. The lowest BCUT2D eigenvalue weighted by molar-refractivity contribution is -0.130. The highest BCUT2D eigenvalue weighted by Crippen LogP contribution is 2.34. The van der Waals surface area contributed by atoms with Gasteiger partial charge in [0.1, 0.15) is 0 Å². The molecule has 0 aromatic heterocycles. The largest absolute Gasteiger partial charge is 0.454 e. The summed E-state index contributed by atoms with van der Waals surface area (Å²) in [6.07, 6.45) is 0.361. The van der Waals surface area contributed by atoms with E-state index in [9.17, 15) is 4.79 Å². The van der Waals surface area contributed by atoms with E-state index < -0.39 is 0 Å². The summed E-state index contributed by atoms with van der Waals surface area (Å²) in [6, 6.07) is 3.77. The van der Waals surface area contributed by atoms with Crippen LogP contribution in [0.25, 0.3) is 0 Å². The molecule has 1 atom stereocenters. The van der Waals surface area contributed by atoms with Crippen LogP contribution >= 0.6 is 0 Å². The molecule has 0 aliphatic carbocycles. The van der Waals surface area contributed by atoms with Gasteiger partial charge in [-0.15, -0.1) is 0 Å². The number of ether oxygens (including phenoxy) is 2. The summed E-state index contributed by atoms with van der Waals surface area (Å²) in [6.45, 7) is 4.64. The predicted molar refractivity (Wildman–Crippen MR) is 72.0 cm³/mol. The van der Waals surface area contributed by atoms with Gasteiger partial charge in [-0.3, -0.25) is 4.79 Å².